The third kappa shape index (κ3) is 2.97. The van der Waals surface area contributed by atoms with Gasteiger partial charge in [0.1, 0.15) is 11.4 Å². The van der Waals surface area contributed by atoms with E-state index in [1.165, 1.54) is 0 Å². The molecule has 2 aliphatic rings. The summed E-state index contributed by atoms with van der Waals surface area (Å²) in [5.74, 6) is 2.24. The maximum atomic E-state index is 13.0. The molecular weight excluding hydrogens is 346 g/mol. The van der Waals surface area contributed by atoms with E-state index < -0.39 is 0 Å². The second-order valence-corrected chi connectivity index (χ2v) is 6.98. The Hall–Kier alpha value is -2.81. The molecule has 0 N–H and O–H groups in total. The molecule has 1 amide bonds. The van der Waals surface area contributed by atoms with Crippen LogP contribution in [0.4, 0.5) is 0 Å². The molecule has 5 heterocycles. The minimum Gasteiger partial charge on any atom is -0.381 e. The van der Waals surface area contributed by atoms with Crippen LogP contribution in [0.2, 0.25) is 0 Å². The predicted octanol–water partition coefficient (Wildman–Crippen LogP) is 0.913. The number of hydrogen-bond acceptors (Lipinski definition) is 6. The van der Waals surface area contributed by atoms with Crippen LogP contribution in [0.3, 0.4) is 0 Å². The highest BCUT2D eigenvalue weighted by Gasteiger charge is 2.26. The van der Waals surface area contributed by atoms with Gasteiger partial charge in [-0.2, -0.15) is 10.2 Å². The van der Waals surface area contributed by atoms with E-state index in [0.29, 0.717) is 43.2 Å². The second-order valence-electron chi connectivity index (χ2n) is 6.98. The van der Waals surface area contributed by atoms with Crippen molar-refractivity contribution in [3.05, 3.63) is 41.9 Å². The summed E-state index contributed by atoms with van der Waals surface area (Å²) in [7, 11) is 0. The molecule has 1 fully saturated rings. The number of aromatic nitrogens is 6. The number of rotatable bonds is 2. The van der Waals surface area contributed by atoms with Gasteiger partial charge in [-0.05, 0) is 18.9 Å². The third-order valence-corrected chi connectivity index (χ3v) is 5.34. The number of carbonyl (C=O) groups is 1. The number of ether oxygens (including phenoxy) is 1. The number of fused-ring (bicyclic) bond motifs is 2. The topological polar surface area (TPSA) is 90.4 Å². The van der Waals surface area contributed by atoms with Crippen molar-refractivity contribution in [2.45, 2.75) is 31.7 Å². The average Bonchev–Trinajstić information content (AvgIpc) is 3.28. The van der Waals surface area contributed by atoms with Crippen LogP contribution in [0.15, 0.2) is 24.7 Å². The number of hydrogen-bond donors (Lipinski definition) is 0. The summed E-state index contributed by atoms with van der Waals surface area (Å²) in [6.07, 6.45) is 7.72. The van der Waals surface area contributed by atoms with Gasteiger partial charge in [0, 0.05) is 51.0 Å². The van der Waals surface area contributed by atoms with Gasteiger partial charge in [0.15, 0.2) is 11.5 Å². The van der Waals surface area contributed by atoms with Gasteiger partial charge in [0.05, 0.1) is 12.7 Å². The summed E-state index contributed by atoms with van der Waals surface area (Å²) in [4.78, 5) is 23.9. The second kappa shape index (κ2) is 6.73. The van der Waals surface area contributed by atoms with Crippen LogP contribution in [0.25, 0.3) is 5.65 Å². The van der Waals surface area contributed by atoms with Crippen LogP contribution in [-0.4, -0.2) is 66.5 Å². The molecule has 0 unspecified atom stereocenters. The van der Waals surface area contributed by atoms with Gasteiger partial charge in [-0.15, -0.1) is 0 Å². The lowest BCUT2D eigenvalue weighted by molar-refractivity contribution is 0.0758. The molecule has 0 radical (unpaired) electrons. The fraction of sp³-hybridized carbons (Fsp3) is 0.500. The first-order valence-electron chi connectivity index (χ1n) is 9.38. The van der Waals surface area contributed by atoms with Crippen LogP contribution in [-0.2, 0) is 17.7 Å². The molecule has 140 valence electrons. The molecule has 1 saturated heterocycles. The molecule has 0 bridgehead atoms. The molecule has 0 aromatic carbocycles. The molecule has 3 aromatic rings. The summed E-state index contributed by atoms with van der Waals surface area (Å²) >= 11 is 0. The van der Waals surface area contributed by atoms with E-state index in [1.54, 1.807) is 29.2 Å². The Labute approximate surface area is 156 Å². The zero-order valence-corrected chi connectivity index (χ0v) is 15.0. The van der Waals surface area contributed by atoms with Gasteiger partial charge in [-0.1, -0.05) is 0 Å². The Morgan fingerprint density at radius 3 is 2.96 bits per heavy atom. The van der Waals surface area contributed by atoms with Gasteiger partial charge in [0.2, 0.25) is 0 Å². The van der Waals surface area contributed by atoms with Crippen molar-refractivity contribution in [3.63, 3.8) is 0 Å². The molecule has 27 heavy (non-hydrogen) atoms. The quantitative estimate of drug-likeness (QED) is 0.669. The Bertz CT molecular complexity index is 948. The van der Waals surface area contributed by atoms with Gasteiger partial charge < -0.3 is 9.64 Å². The SMILES string of the molecule is O=C(c1cnn2cccnc12)N1CCc2nc(C3CCOCC3)nn2CC1. The van der Waals surface area contributed by atoms with Crippen LogP contribution < -0.4 is 0 Å². The van der Waals surface area contributed by atoms with Crippen molar-refractivity contribution in [1.29, 1.82) is 0 Å². The lowest BCUT2D eigenvalue weighted by atomic mass is 10.00. The molecule has 0 atom stereocenters. The predicted molar refractivity (Wildman–Crippen MR) is 95.4 cm³/mol. The molecule has 0 spiro atoms. The highest BCUT2D eigenvalue weighted by atomic mass is 16.5. The summed E-state index contributed by atoms with van der Waals surface area (Å²) in [5, 5.41) is 8.94. The van der Waals surface area contributed by atoms with Gasteiger partial charge >= 0.3 is 0 Å². The highest BCUT2D eigenvalue weighted by Crippen LogP contribution is 2.25. The van der Waals surface area contributed by atoms with Crippen LogP contribution >= 0.6 is 0 Å². The normalized spacial score (nSPS) is 18.4. The van der Waals surface area contributed by atoms with Crippen molar-refractivity contribution in [1.82, 2.24) is 34.3 Å². The Morgan fingerprint density at radius 1 is 1.19 bits per heavy atom. The maximum Gasteiger partial charge on any atom is 0.259 e. The minimum atomic E-state index is -0.0425. The zero-order valence-electron chi connectivity index (χ0n) is 15.0. The largest absolute Gasteiger partial charge is 0.381 e. The molecule has 0 saturated carbocycles. The van der Waals surface area contributed by atoms with Crippen molar-refractivity contribution in [2.75, 3.05) is 26.3 Å². The first kappa shape index (κ1) is 16.4. The summed E-state index contributed by atoms with van der Waals surface area (Å²) in [5.41, 5.74) is 1.12. The standard InChI is InChI=1S/C18H21N7O2/c26-18(14-12-20-25-6-1-5-19-17(14)25)23-7-2-15-21-16(22-24(15)9-8-23)13-3-10-27-11-4-13/h1,5-6,12-13H,2-4,7-11H2. The number of carbonyl (C=O) groups excluding carboxylic acids is 1. The molecule has 0 aliphatic carbocycles. The summed E-state index contributed by atoms with van der Waals surface area (Å²) < 4.78 is 9.02. The molecule has 2 aliphatic heterocycles. The third-order valence-electron chi connectivity index (χ3n) is 5.34. The van der Waals surface area contributed by atoms with E-state index in [4.69, 9.17) is 14.8 Å². The Morgan fingerprint density at radius 2 is 2.07 bits per heavy atom. The van der Waals surface area contributed by atoms with Gasteiger partial charge in [-0.3, -0.25) is 4.79 Å². The molecule has 3 aromatic heterocycles. The van der Waals surface area contributed by atoms with E-state index >= 15 is 0 Å². The average molecular weight is 367 g/mol. The van der Waals surface area contributed by atoms with Crippen molar-refractivity contribution in [3.8, 4) is 0 Å². The van der Waals surface area contributed by atoms with E-state index in [1.807, 2.05) is 9.58 Å². The minimum absolute atomic E-state index is 0.0425. The monoisotopic (exact) mass is 367 g/mol. The van der Waals surface area contributed by atoms with E-state index in [0.717, 1.165) is 37.7 Å². The Kier molecular flexibility index (Phi) is 4.08. The molecule has 9 heteroatoms. The zero-order chi connectivity index (χ0) is 18.2. The summed E-state index contributed by atoms with van der Waals surface area (Å²) in [6.45, 7) is 3.44. The summed E-state index contributed by atoms with van der Waals surface area (Å²) in [6, 6.07) is 1.79. The van der Waals surface area contributed by atoms with Crippen molar-refractivity contribution >= 4 is 11.6 Å². The fourth-order valence-electron chi connectivity index (χ4n) is 3.80. The fourth-order valence-corrected chi connectivity index (χ4v) is 3.80. The van der Waals surface area contributed by atoms with E-state index in [-0.39, 0.29) is 5.91 Å². The van der Waals surface area contributed by atoms with E-state index in [2.05, 4.69) is 10.1 Å². The lowest BCUT2D eigenvalue weighted by Crippen LogP contribution is -2.33. The van der Waals surface area contributed by atoms with Crippen molar-refractivity contribution < 1.29 is 9.53 Å². The maximum absolute atomic E-state index is 13.0. The van der Waals surface area contributed by atoms with Gasteiger partial charge in [0.25, 0.3) is 5.91 Å². The smallest absolute Gasteiger partial charge is 0.259 e. The van der Waals surface area contributed by atoms with E-state index in [9.17, 15) is 4.79 Å². The molecular formula is C18H21N7O2. The van der Waals surface area contributed by atoms with Crippen LogP contribution in [0, 0.1) is 0 Å². The molecule has 5 rings (SSSR count). The first-order valence-corrected chi connectivity index (χ1v) is 9.38. The van der Waals surface area contributed by atoms with Crippen LogP contribution in [0.1, 0.15) is 40.8 Å². The number of amides is 1. The van der Waals surface area contributed by atoms with Crippen molar-refractivity contribution in [2.24, 2.45) is 0 Å². The first-order chi connectivity index (χ1) is 13.3. The number of nitrogens with zero attached hydrogens (tertiary/aromatic N) is 7. The Balaban J connectivity index is 1.32. The highest BCUT2D eigenvalue weighted by molar-refractivity contribution is 5.99. The van der Waals surface area contributed by atoms with Gasteiger partial charge in [-0.25, -0.2) is 19.2 Å². The molecule has 9 nitrogen and oxygen atoms in total. The lowest BCUT2D eigenvalue weighted by Gasteiger charge is -2.20. The van der Waals surface area contributed by atoms with Crippen LogP contribution in [0.5, 0.6) is 0 Å².